The highest BCUT2D eigenvalue weighted by Gasteiger charge is 2.27. The number of benzene rings is 1. The Bertz CT molecular complexity index is 1080. The Morgan fingerprint density at radius 3 is 2.48 bits per heavy atom. The number of carbonyl (C=O) groups is 1. The fourth-order valence-electron chi connectivity index (χ4n) is 3.44. The van der Waals surface area contributed by atoms with E-state index in [9.17, 15) is 13.2 Å². The van der Waals surface area contributed by atoms with E-state index in [1.54, 1.807) is 29.1 Å². The predicted molar refractivity (Wildman–Crippen MR) is 108 cm³/mol. The van der Waals surface area contributed by atoms with Gasteiger partial charge in [0, 0.05) is 25.2 Å². The van der Waals surface area contributed by atoms with Crippen LogP contribution in [0.3, 0.4) is 0 Å². The Morgan fingerprint density at radius 2 is 1.86 bits per heavy atom. The lowest BCUT2D eigenvalue weighted by Crippen LogP contribution is -2.46. The molecule has 9 heteroatoms. The number of hydrogen-bond donors (Lipinski definition) is 1. The van der Waals surface area contributed by atoms with Crippen LogP contribution in [-0.4, -0.2) is 53.8 Å². The van der Waals surface area contributed by atoms with Crippen molar-refractivity contribution in [3.05, 3.63) is 60.5 Å². The summed E-state index contributed by atoms with van der Waals surface area (Å²) in [7, 11) is -3.20. The smallest absolute Gasteiger partial charge is 0.270 e. The normalized spacial score (nSPS) is 16.0. The van der Waals surface area contributed by atoms with E-state index >= 15 is 0 Å². The van der Waals surface area contributed by atoms with Crippen LogP contribution >= 0.6 is 0 Å². The third-order valence-corrected chi connectivity index (χ3v) is 6.28. The van der Waals surface area contributed by atoms with Crippen LogP contribution in [0.1, 0.15) is 23.3 Å². The third kappa shape index (κ3) is 4.25. The number of hydrogen-bond acceptors (Lipinski definition) is 5. The molecule has 8 nitrogen and oxygen atoms in total. The second-order valence-corrected chi connectivity index (χ2v) is 9.03. The zero-order valence-electron chi connectivity index (χ0n) is 16.0. The van der Waals surface area contributed by atoms with Crippen molar-refractivity contribution < 1.29 is 17.6 Å². The van der Waals surface area contributed by atoms with Crippen molar-refractivity contribution in [1.82, 2.24) is 19.4 Å². The molecule has 0 bridgehead atoms. The lowest BCUT2D eigenvalue weighted by Gasteiger charge is -2.30. The van der Waals surface area contributed by atoms with Gasteiger partial charge in [-0.05, 0) is 37.1 Å². The summed E-state index contributed by atoms with van der Waals surface area (Å²) in [4.78, 5) is 13.0. The molecule has 3 aromatic rings. The molecule has 1 aromatic carbocycles. The Hall–Kier alpha value is -2.91. The van der Waals surface area contributed by atoms with Crippen molar-refractivity contribution in [3.8, 4) is 17.1 Å². The molecule has 0 aliphatic carbocycles. The summed E-state index contributed by atoms with van der Waals surface area (Å²) < 4.78 is 31.8. The molecule has 1 fully saturated rings. The van der Waals surface area contributed by atoms with Crippen LogP contribution in [0.5, 0.6) is 0 Å². The quantitative estimate of drug-likeness (QED) is 0.691. The van der Waals surface area contributed by atoms with Gasteiger partial charge >= 0.3 is 0 Å². The van der Waals surface area contributed by atoms with Crippen LogP contribution < -0.4 is 5.32 Å². The first-order valence-corrected chi connectivity index (χ1v) is 11.2. The van der Waals surface area contributed by atoms with Crippen LogP contribution in [-0.2, 0) is 10.0 Å². The van der Waals surface area contributed by atoms with Gasteiger partial charge in [0.2, 0.25) is 10.0 Å². The topological polar surface area (TPSA) is 97.4 Å². The maximum atomic E-state index is 13.0. The first-order chi connectivity index (χ1) is 13.9. The van der Waals surface area contributed by atoms with E-state index < -0.39 is 10.0 Å². The zero-order chi connectivity index (χ0) is 20.4. The van der Waals surface area contributed by atoms with Gasteiger partial charge in [0.1, 0.15) is 11.4 Å². The maximum Gasteiger partial charge on any atom is 0.270 e. The van der Waals surface area contributed by atoms with E-state index in [-0.39, 0.29) is 11.9 Å². The standard InChI is InChI=1S/C20H22N4O4S/c1-29(26,27)23-11-9-15(10-12-23)21-20(25)18-14-17(19-8-5-13-28-19)22-24(18)16-6-3-2-4-7-16/h2-8,13-15H,9-12H2,1H3,(H,21,25). The average Bonchev–Trinajstić information content (AvgIpc) is 3.38. The van der Waals surface area contributed by atoms with Crippen molar-refractivity contribution in [1.29, 1.82) is 0 Å². The summed E-state index contributed by atoms with van der Waals surface area (Å²) in [6, 6.07) is 14.6. The molecule has 1 aliphatic heterocycles. The van der Waals surface area contributed by atoms with Crippen molar-refractivity contribution in [3.63, 3.8) is 0 Å². The summed E-state index contributed by atoms with van der Waals surface area (Å²) >= 11 is 0. The molecule has 1 amide bonds. The van der Waals surface area contributed by atoms with E-state index in [0.717, 1.165) is 5.69 Å². The van der Waals surface area contributed by atoms with Crippen molar-refractivity contribution in [2.45, 2.75) is 18.9 Å². The molecule has 1 saturated heterocycles. The number of rotatable bonds is 5. The van der Waals surface area contributed by atoms with Crippen molar-refractivity contribution in [2.24, 2.45) is 0 Å². The van der Waals surface area contributed by atoms with Gasteiger partial charge in [-0.1, -0.05) is 18.2 Å². The Balaban J connectivity index is 1.56. The number of nitrogens with zero attached hydrogens (tertiary/aromatic N) is 3. The number of piperidine rings is 1. The van der Waals surface area contributed by atoms with Gasteiger partial charge < -0.3 is 9.73 Å². The third-order valence-electron chi connectivity index (χ3n) is 4.97. The van der Waals surface area contributed by atoms with E-state index in [0.29, 0.717) is 43.1 Å². The highest BCUT2D eigenvalue weighted by atomic mass is 32.2. The van der Waals surface area contributed by atoms with Crippen molar-refractivity contribution in [2.75, 3.05) is 19.3 Å². The molecular weight excluding hydrogens is 392 g/mol. The SMILES string of the molecule is CS(=O)(=O)N1CCC(NC(=O)c2cc(-c3ccco3)nn2-c2ccccc2)CC1. The van der Waals surface area contributed by atoms with E-state index in [1.807, 2.05) is 30.3 Å². The number of furan rings is 1. The van der Waals surface area contributed by atoms with Gasteiger partial charge in [0.15, 0.2) is 5.76 Å². The molecule has 0 spiro atoms. The van der Waals surface area contributed by atoms with Gasteiger partial charge in [-0.25, -0.2) is 17.4 Å². The van der Waals surface area contributed by atoms with Crippen LogP contribution in [0.2, 0.25) is 0 Å². The molecule has 0 unspecified atom stereocenters. The molecule has 0 atom stereocenters. The van der Waals surface area contributed by atoms with Crippen molar-refractivity contribution >= 4 is 15.9 Å². The minimum atomic E-state index is -3.20. The zero-order valence-corrected chi connectivity index (χ0v) is 16.8. The summed E-state index contributed by atoms with van der Waals surface area (Å²) in [5.41, 5.74) is 1.73. The molecule has 0 saturated carbocycles. The lowest BCUT2D eigenvalue weighted by molar-refractivity contribution is 0.0916. The molecule has 1 N–H and O–H groups in total. The van der Waals surface area contributed by atoms with Gasteiger partial charge in [0.05, 0.1) is 18.2 Å². The molecule has 0 radical (unpaired) electrons. The molecule has 1 aliphatic rings. The number of nitrogens with one attached hydrogen (secondary N) is 1. The second kappa shape index (κ2) is 7.84. The summed E-state index contributed by atoms with van der Waals surface area (Å²) in [5.74, 6) is 0.326. The molecule has 152 valence electrons. The van der Waals surface area contributed by atoms with E-state index in [4.69, 9.17) is 4.42 Å². The number of amides is 1. The maximum absolute atomic E-state index is 13.0. The monoisotopic (exact) mass is 414 g/mol. The summed E-state index contributed by atoms with van der Waals surface area (Å²) in [6.07, 6.45) is 3.92. The number of carbonyl (C=O) groups excluding carboxylic acids is 1. The Labute approximate surface area is 169 Å². The van der Waals surface area contributed by atoms with E-state index in [2.05, 4.69) is 10.4 Å². The highest BCUT2D eigenvalue weighted by Crippen LogP contribution is 2.23. The largest absolute Gasteiger partial charge is 0.463 e. The molecule has 2 aromatic heterocycles. The van der Waals surface area contributed by atoms with Gasteiger partial charge in [-0.3, -0.25) is 4.79 Å². The van der Waals surface area contributed by atoms with Crippen LogP contribution in [0.25, 0.3) is 17.1 Å². The Morgan fingerprint density at radius 1 is 1.14 bits per heavy atom. The molecule has 29 heavy (non-hydrogen) atoms. The first-order valence-electron chi connectivity index (χ1n) is 9.37. The summed E-state index contributed by atoms with van der Waals surface area (Å²) in [5, 5.41) is 7.58. The fraction of sp³-hybridized carbons (Fsp3) is 0.300. The lowest BCUT2D eigenvalue weighted by atomic mass is 10.1. The predicted octanol–water partition coefficient (Wildman–Crippen LogP) is 2.29. The summed E-state index contributed by atoms with van der Waals surface area (Å²) in [6.45, 7) is 0.804. The molecular formula is C20H22N4O4S. The number of sulfonamides is 1. The fourth-order valence-corrected chi connectivity index (χ4v) is 4.32. The van der Waals surface area contributed by atoms with Crippen LogP contribution in [0.4, 0.5) is 0 Å². The van der Waals surface area contributed by atoms with Gasteiger partial charge in [-0.2, -0.15) is 5.10 Å². The number of para-hydroxylation sites is 1. The second-order valence-electron chi connectivity index (χ2n) is 7.05. The van der Waals surface area contributed by atoms with Gasteiger partial charge in [-0.15, -0.1) is 0 Å². The van der Waals surface area contributed by atoms with E-state index in [1.165, 1.54) is 10.6 Å². The average molecular weight is 414 g/mol. The number of aromatic nitrogens is 2. The first kappa shape index (κ1) is 19.4. The Kier molecular flexibility index (Phi) is 5.25. The minimum absolute atomic E-state index is 0.0910. The van der Waals surface area contributed by atoms with Crippen LogP contribution in [0, 0.1) is 0 Å². The van der Waals surface area contributed by atoms with Gasteiger partial charge in [0.25, 0.3) is 5.91 Å². The van der Waals surface area contributed by atoms with Crippen LogP contribution in [0.15, 0.2) is 59.2 Å². The highest BCUT2D eigenvalue weighted by molar-refractivity contribution is 7.88. The minimum Gasteiger partial charge on any atom is -0.463 e. The molecule has 4 rings (SSSR count). The molecule has 3 heterocycles.